The SMILES string of the molecule is CCc1ccsc1C(N)C(=O)O. The molecule has 0 aromatic carbocycles. The average molecular weight is 185 g/mol. The van der Waals surface area contributed by atoms with Crippen LogP contribution in [0.1, 0.15) is 23.4 Å². The molecule has 1 unspecified atom stereocenters. The number of aliphatic carboxylic acids is 1. The third-order valence-electron chi connectivity index (χ3n) is 1.71. The molecule has 3 nitrogen and oxygen atoms in total. The summed E-state index contributed by atoms with van der Waals surface area (Å²) in [6.07, 6.45) is 0.833. The summed E-state index contributed by atoms with van der Waals surface area (Å²) < 4.78 is 0. The molecule has 12 heavy (non-hydrogen) atoms. The Morgan fingerprint density at radius 1 is 1.83 bits per heavy atom. The van der Waals surface area contributed by atoms with Crippen LogP contribution in [0.2, 0.25) is 0 Å². The maximum atomic E-state index is 10.5. The molecule has 0 aliphatic rings. The Labute approximate surface area is 74.8 Å². The molecule has 0 fully saturated rings. The lowest BCUT2D eigenvalue weighted by Gasteiger charge is -2.05. The Morgan fingerprint density at radius 2 is 2.50 bits per heavy atom. The van der Waals surface area contributed by atoms with Crippen molar-refractivity contribution in [3.63, 3.8) is 0 Å². The van der Waals surface area contributed by atoms with E-state index in [1.165, 1.54) is 11.3 Å². The third-order valence-corrected chi connectivity index (χ3v) is 2.75. The summed E-state index contributed by atoms with van der Waals surface area (Å²) in [5, 5.41) is 10.5. The van der Waals surface area contributed by atoms with Gasteiger partial charge in [0.25, 0.3) is 0 Å². The summed E-state index contributed by atoms with van der Waals surface area (Å²) in [4.78, 5) is 11.3. The molecular weight excluding hydrogens is 174 g/mol. The van der Waals surface area contributed by atoms with Crippen LogP contribution in [-0.4, -0.2) is 11.1 Å². The first-order valence-corrected chi connectivity index (χ1v) is 4.59. The van der Waals surface area contributed by atoms with Crippen LogP contribution in [0, 0.1) is 0 Å². The van der Waals surface area contributed by atoms with E-state index in [0.717, 1.165) is 16.9 Å². The number of carboxylic acids is 1. The first-order chi connectivity index (χ1) is 5.66. The van der Waals surface area contributed by atoms with Crippen LogP contribution >= 0.6 is 11.3 Å². The van der Waals surface area contributed by atoms with Crippen molar-refractivity contribution in [2.45, 2.75) is 19.4 Å². The first-order valence-electron chi connectivity index (χ1n) is 3.71. The van der Waals surface area contributed by atoms with E-state index in [-0.39, 0.29) is 0 Å². The molecule has 0 aliphatic carbocycles. The topological polar surface area (TPSA) is 63.3 Å². The zero-order valence-corrected chi connectivity index (χ0v) is 7.60. The summed E-state index contributed by atoms with van der Waals surface area (Å²) in [6.45, 7) is 1.99. The van der Waals surface area contributed by atoms with Crippen molar-refractivity contribution in [1.29, 1.82) is 0 Å². The zero-order valence-electron chi connectivity index (χ0n) is 6.78. The Bertz CT molecular complexity index is 282. The molecule has 3 N–H and O–H groups in total. The van der Waals surface area contributed by atoms with Crippen molar-refractivity contribution in [3.8, 4) is 0 Å². The highest BCUT2D eigenvalue weighted by Gasteiger charge is 2.18. The number of carboxylic acid groups (broad SMARTS) is 1. The van der Waals surface area contributed by atoms with Crippen LogP contribution in [0.25, 0.3) is 0 Å². The quantitative estimate of drug-likeness (QED) is 0.748. The fourth-order valence-corrected chi connectivity index (χ4v) is 2.01. The van der Waals surface area contributed by atoms with Gasteiger partial charge in [0.15, 0.2) is 0 Å². The van der Waals surface area contributed by atoms with Crippen molar-refractivity contribution in [3.05, 3.63) is 21.9 Å². The van der Waals surface area contributed by atoms with Gasteiger partial charge in [0.1, 0.15) is 6.04 Å². The molecule has 0 aliphatic heterocycles. The van der Waals surface area contributed by atoms with Gasteiger partial charge in [-0.2, -0.15) is 0 Å². The van der Waals surface area contributed by atoms with Crippen LogP contribution in [0.15, 0.2) is 11.4 Å². The van der Waals surface area contributed by atoms with E-state index in [1.807, 2.05) is 18.4 Å². The van der Waals surface area contributed by atoms with Gasteiger partial charge in [0.05, 0.1) is 0 Å². The number of nitrogens with two attached hydrogens (primary N) is 1. The normalized spacial score (nSPS) is 12.8. The van der Waals surface area contributed by atoms with E-state index < -0.39 is 12.0 Å². The van der Waals surface area contributed by atoms with E-state index in [1.54, 1.807) is 0 Å². The number of carbonyl (C=O) groups is 1. The monoisotopic (exact) mass is 185 g/mol. The third kappa shape index (κ3) is 1.65. The van der Waals surface area contributed by atoms with E-state index in [9.17, 15) is 4.79 Å². The Hall–Kier alpha value is -0.870. The minimum absolute atomic E-state index is 0.769. The Morgan fingerprint density at radius 3 is 3.00 bits per heavy atom. The fourth-order valence-electron chi connectivity index (χ4n) is 1.02. The number of hydrogen-bond acceptors (Lipinski definition) is 3. The van der Waals surface area contributed by atoms with Gasteiger partial charge in [-0.25, -0.2) is 0 Å². The number of hydrogen-bond donors (Lipinski definition) is 2. The van der Waals surface area contributed by atoms with E-state index >= 15 is 0 Å². The van der Waals surface area contributed by atoms with Gasteiger partial charge in [-0.15, -0.1) is 11.3 Å². The molecule has 0 amide bonds. The predicted molar refractivity (Wildman–Crippen MR) is 48.3 cm³/mol. The van der Waals surface area contributed by atoms with Crippen molar-refractivity contribution in [2.75, 3.05) is 0 Å². The molecule has 1 heterocycles. The Kier molecular flexibility index (Phi) is 2.83. The van der Waals surface area contributed by atoms with Gasteiger partial charge in [-0.1, -0.05) is 6.92 Å². The second-order valence-corrected chi connectivity index (χ2v) is 3.43. The van der Waals surface area contributed by atoms with Crippen LogP contribution < -0.4 is 5.73 Å². The minimum atomic E-state index is -0.966. The lowest BCUT2D eigenvalue weighted by Crippen LogP contribution is -2.20. The lowest BCUT2D eigenvalue weighted by atomic mass is 10.1. The van der Waals surface area contributed by atoms with Gasteiger partial charge in [0.2, 0.25) is 0 Å². The van der Waals surface area contributed by atoms with Gasteiger partial charge in [-0.05, 0) is 23.4 Å². The van der Waals surface area contributed by atoms with E-state index in [4.69, 9.17) is 10.8 Å². The van der Waals surface area contributed by atoms with E-state index in [0.29, 0.717) is 0 Å². The maximum absolute atomic E-state index is 10.5. The second kappa shape index (κ2) is 3.69. The largest absolute Gasteiger partial charge is 0.480 e. The average Bonchev–Trinajstić information content (AvgIpc) is 2.49. The molecule has 4 heteroatoms. The first kappa shape index (κ1) is 9.22. The van der Waals surface area contributed by atoms with Gasteiger partial charge >= 0.3 is 5.97 Å². The Balaban J connectivity index is 2.93. The minimum Gasteiger partial charge on any atom is -0.480 e. The molecule has 1 rings (SSSR count). The predicted octanol–water partition coefficient (Wildman–Crippen LogP) is 1.39. The number of thiophene rings is 1. The standard InChI is InChI=1S/C8H11NO2S/c1-2-5-3-4-12-7(5)6(9)8(10)11/h3-4,6H,2,9H2,1H3,(H,10,11). The van der Waals surface area contributed by atoms with Crippen LogP contribution in [0.4, 0.5) is 0 Å². The fraction of sp³-hybridized carbons (Fsp3) is 0.375. The summed E-state index contributed by atoms with van der Waals surface area (Å²) in [5.41, 5.74) is 6.51. The van der Waals surface area contributed by atoms with E-state index in [2.05, 4.69) is 0 Å². The second-order valence-electron chi connectivity index (χ2n) is 2.48. The van der Waals surface area contributed by atoms with Crippen molar-refractivity contribution >= 4 is 17.3 Å². The zero-order chi connectivity index (χ0) is 9.14. The van der Waals surface area contributed by atoms with Crippen LogP contribution in [0.3, 0.4) is 0 Å². The molecule has 1 aromatic rings. The van der Waals surface area contributed by atoms with Crippen molar-refractivity contribution < 1.29 is 9.90 Å². The molecule has 0 saturated carbocycles. The highest BCUT2D eigenvalue weighted by atomic mass is 32.1. The molecule has 0 bridgehead atoms. The summed E-state index contributed by atoms with van der Waals surface area (Å²) in [7, 11) is 0. The highest BCUT2D eigenvalue weighted by molar-refractivity contribution is 7.10. The maximum Gasteiger partial charge on any atom is 0.325 e. The number of aryl methyl sites for hydroxylation is 1. The summed E-state index contributed by atoms with van der Waals surface area (Å²) >= 11 is 1.40. The van der Waals surface area contributed by atoms with Crippen molar-refractivity contribution in [1.82, 2.24) is 0 Å². The smallest absolute Gasteiger partial charge is 0.325 e. The van der Waals surface area contributed by atoms with Crippen LogP contribution in [0.5, 0.6) is 0 Å². The highest BCUT2D eigenvalue weighted by Crippen LogP contribution is 2.23. The lowest BCUT2D eigenvalue weighted by molar-refractivity contribution is -0.138. The molecule has 0 radical (unpaired) electrons. The van der Waals surface area contributed by atoms with Gasteiger partial charge < -0.3 is 10.8 Å². The van der Waals surface area contributed by atoms with Gasteiger partial charge in [0, 0.05) is 4.88 Å². The van der Waals surface area contributed by atoms with Crippen molar-refractivity contribution in [2.24, 2.45) is 5.73 Å². The molecular formula is C8H11NO2S. The summed E-state index contributed by atoms with van der Waals surface area (Å²) in [6, 6.07) is 1.06. The van der Waals surface area contributed by atoms with Gasteiger partial charge in [-0.3, -0.25) is 4.79 Å². The molecule has 1 aromatic heterocycles. The summed E-state index contributed by atoms with van der Waals surface area (Å²) in [5.74, 6) is -0.966. The molecule has 0 saturated heterocycles. The van der Waals surface area contributed by atoms with Crippen LogP contribution in [-0.2, 0) is 11.2 Å². The molecule has 0 spiro atoms. The molecule has 66 valence electrons. The molecule has 1 atom stereocenters. The number of rotatable bonds is 3.